The van der Waals surface area contributed by atoms with Crippen LogP contribution in [0.1, 0.15) is 26.3 Å². The molecule has 0 bridgehead atoms. The molecule has 0 fully saturated rings. The Morgan fingerprint density at radius 2 is 1.81 bits per heavy atom. The molecular weight excluding hydrogens is 285 g/mol. The molecule has 0 aromatic heterocycles. The highest BCUT2D eigenvalue weighted by molar-refractivity contribution is 5.97. The van der Waals surface area contributed by atoms with Gasteiger partial charge in [0.15, 0.2) is 0 Å². The number of halogens is 3. The maximum Gasteiger partial charge on any atom is 0.416 e. The Morgan fingerprint density at radius 1 is 1.19 bits per heavy atom. The summed E-state index contributed by atoms with van der Waals surface area (Å²) in [5, 5.41) is 4.86. The van der Waals surface area contributed by atoms with Crippen molar-refractivity contribution < 1.29 is 22.8 Å². The Labute approximate surface area is 120 Å². The van der Waals surface area contributed by atoms with Crippen molar-refractivity contribution in [1.82, 2.24) is 5.32 Å². The summed E-state index contributed by atoms with van der Waals surface area (Å²) in [6, 6.07) is 3.53. The fraction of sp³-hybridized carbons (Fsp3) is 0.429. The van der Waals surface area contributed by atoms with E-state index in [0.29, 0.717) is 0 Å². The van der Waals surface area contributed by atoms with Gasteiger partial charge in [-0.15, -0.1) is 0 Å². The van der Waals surface area contributed by atoms with E-state index < -0.39 is 23.7 Å². The highest BCUT2D eigenvalue weighted by Gasteiger charge is 2.31. The lowest BCUT2D eigenvalue weighted by Crippen LogP contribution is -2.46. The van der Waals surface area contributed by atoms with E-state index in [0.717, 1.165) is 12.1 Å². The molecule has 0 radical (unpaired) electrons. The Hall–Kier alpha value is -2.05. The first-order valence-electron chi connectivity index (χ1n) is 6.36. The van der Waals surface area contributed by atoms with Crippen LogP contribution in [-0.4, -0.2) is 17.9 Å². The summed E-state index contributed by atoms with van der Waals surface area (Å²) in [5.74, 6) is -1.13. The first-order chi connectivity index (χ1) is 9.61. The molecule has 1 aromatic carbocycles. The van der Waals surface area contributed by atoms with E-state index in [4.69, 9.17) is 0 Å². The molecule has 0 saturated carbocycles. The topological polar surface area (TPSA) is 58.2 Å². The van der Waals surface area contributed by atoms with E-state index in [1.807, 2.05) is 0 Å². The number of nitrogens with one attached hydrogen (secondary N) is 2. The van der Waals surface area contributed by atoms with Crippen molar-refractivity contribution in [2.45, 2.75) is 33.0 Å². The van der Waals surface area contributed by atoms with Crippen LogP contribution < -0.4 is 10.6 Å². The Kier molecular flexibility index (Phi) is 5.34. The zero-order valence-corrected chi connectivity index (χ0v) is 11.9. The molecule has 21 heavy (non-hydrogen) atoms. The minimum atomic E-state index is -4.48. The molecule has 7 heteroatoms. The van der Waals surface area contributed by atoms with Gasteiger partial charge in [-0.3, -0.25) is 9.59 Å². The van der Waals surface area contributed by atoms with Crippen molar-refractivity contribution >= 4 is 17.5 Å². The summed E-state index contributed by atoms with van der Waals surface area (Å²) in [7, 11) is 0. The minimum absolute atomic E-state index is 0.0332. The molecule has 0 aliphatic heterocycles. The predicted molar refractivity (Wildman–Crippen MR) is 72.5 cm³/mol. The molecule has 116 valence electrons. The van der Waals surface area contributed by atoms with Crippen molar-refractivity contribution in [1.29, 1.82) is 0 Å². The number of carbonyl (C=O) groups excluding carboxylic acids is 2. The second-order valence-corrected chi connectivity index (χ2v) is 4.99. The second-order valence-electron chi connectivity index (χ2n) is 4.99. The first kappa shape index (κ1) is 17.0. The first-order valence-corrected chi connectivity index (χ1v) is 6.36. The number of anilines is 1. The van der Waals surface area contributed by atoms with Crippen molar-refractivity contribution in [3.63, 3.8) is 0 Å². The van der Waals surface area contributed by atoms with Gasteiger partial charge in [0.05, 0.1) is 5.56 Å². The largest absolute Gasteiger partial charge is 0.416 e. The van der Waals surface area contributed by atoms with Crippen molar-refractivity contribution in [2.75, 3.05) is 5.32 Å². The number of hydrogen-bond acceptors (Lipinski definition) is 2. The normalized spacial score (nSPS) is 12.9. The monoisotopic (exact) mass is 302 g/mol. The number of rotatable bonds is 4. The average Bonchev–Trinajstić information content (AvgIpc) is 2.34. The average molecular weight is 302 g/mol. The van der Waals surface area contributed by atoms with E-state index in [1.165, 1.54) is 19.1 Å². The van der Waals surface area contributed by atoms with Gasteiger partial charge in [-0.2, -0.15) is 13.2 Å². The van der Waals surface area contributed by atoms with E-state index >= 15 is 0 Å². The van der Waals surface area contributed by atoms with Crippen LogP contribution in [0, 0.1) is 5.92 Å². The molecule has 0 saturated heterocycles. The second kappa shape index (κ2) is 6.60. The number of carbonyl (C=O) groups is 2. The van der Waals surface area contributed by atoms with Crippen LogP contribution in [0.25, 0.3) is 0 Å². The standard InChI is InChI=1S/C14H17F3N2O2/c1-8(2)12(18-9(3)20)13(21)19-11-6-4-5-10(7-11)14(15,16)17/h4-8,12H,1-3H3,(H,18,20)(H,19,21). The molecule has 1 unspecified atom stereocenters. The van der Waals surface area contributed by atoms with Crippen molar-refractivity contribution in [3.05, 3.63) is 29.8 Å². The Bertz CT molecular complexity index is 527. The molecule has 1 rings (SSSR count). The zero-order chi connectivity index (χ0) is 16.2. The van der Waals surface area contributed by atoms with E-state index in [-0.39, 0.29) is 17.5 Å². The third-order valence-corrected chi connectivity index (χ3v) is 2.77. The van der Waals surface area contributed by atoms with Gasteiger partial charge >= 0.3 is 6.18 Å². The van der Waals surface area contributed by atoms with Crippen LogP contribution in [-0.2, 0) is 15.8 Å². The van der Waals surface area contributed by atoms with Gasteiger partial charge in [-0.05, 0) is 24.1 Å². The van der Waals surface area contributed by atoms with Gasteiger partial charge in [-0.25, -0.2) is 0 Å². The summed E-state index contributed by atoms with van der Waals surface area (Å²) < 4.78 is 37.8. The fourth-order valence-electron chi connectivity index (χ4n) is 1.75. The summed E-state index contributed by atoms with van der Waals surface area (Å²) in [6.45, 7) is 4.73. The third-order valence-electron chi connectivity index (χ3n) is 2.77. The van der Waals surface area contributed by atoms with Crippen LogP contribution in [0.4, 0.5) is 18.9 Å². The lowest BCUT2D eigenvalue weighted by molar-refractivity contribution is -0.137. The van der Waals surface area contributed by atoms with Crippen molar-refractivity contribution in [2.24, 2.45) is 5.92 Å². The van der Waals surface area contributed by atoms with E-state index in [2.05, 4.69) is 10.6 Å². The molecule has 2 amide bonds. The minimum Gasteiger partial charge on any atom is -0.344 e. The van der Waals surface area contributed by atoms with Crippen LogP contribution in [0.2, 0.25) is 0 Å². The summed E-state index contributed by atoms with van der Waals surface area (Å²) in [5.41, 5.74) is -0.813. The lowest BCUT2D eigenvalue weighted by Gasteiger charge is -2.21. The van der Waals surface area contributed by atoms with Crippen LogP contribution in [0.5, 0.6) is 0 Å². The summed E-state index contributed by atoms with van der Waals surface area (Å²) >= 11 is 0. The fourth-order valence-corrected chi connectivity index (χ4v) is 1.75. The third kappa shape index (κ3) is 5.09. The van der Waals surface area contributed by atoms with Gasteiger partial charge in [-0.1, -0.05) is 19.9 Å². The van der Waals surface area contributed by atoms with Gasteiger partial charge in [0.1, 0.15) is 6.04 Å². The molecule has 0 aliphatic carbocycles. The number of benzene rings is 1. The van der Waals surface area contributed by atoms with Gasteiger partial charge in [0.25, 0.3) is 0 Å². The molecule has 0 aliphatic rings. The number of amides is 2. The molecule has 0 heterocycles. The van der Waals surface area contributed by atoms with Gasteiger partial charge < -0.3 is 10.6 Å². The molecular formula is C14H17F3N2O2. The van der Waals surface area contributed by atoms with E-state index in [9.17, 15) is 22.8 Å². The molecule has 0 spiro atoms. The smallest absolute Gasteiger partial charge is 0.344 e. The number of hydrogen-bond donors (Lipinski definition) is 2. The molecule has 4 nitrogen and oxygen atoms in total. The summed E-state index contributed by atoms with van der Waals surface area (Å²) in [4.78, 5) is 23.1. The molecule has 1 atom stereocenters. The highest BCUT2D eigenvalue weighted by atomic mass is 19.4. The zero-order valence-electron chi connectivity index (χ0n) is 11.9. The molecule has 2 N–H and O–H groups in total. The lowest BCUT2D eigenvalue weighted by atomic mass is 10.0. The maximum atomic E-state index is 12.6. The van der Waals surface area contributed by atoms with Crippen LogP contribution in [0.15, 0.2) is 24.3 Å². The SMILES string of the molecule is CC(=O)NC(C(=O)Nc1cccc(C(F)(F)F)c1)C(C)C. The van der Waals surface area contributed by atoms with Gasteiger partial charge in [0.2, 0.25) is 11.8 Å². The maximum absolute atomic E-state index is 12.6. The van der Waals surface area contributed by atoms with E-state index in [1.54, 1.807) is 13.8 Å². The number of alkyl halides is 3. The quantitative estimate of drug-likeness (QED) is 0.898. The summed E-state index contributed by atoms with van der Waals surface area (Å²) in [6.07, 6.45) is -4.48. The molecule has 1 aromatic rings. The van der Waals surface area contributed by atoms with Crippen LogP contribution in [0.3, 0.4) is 0 Å². The highest BCUT2D eigenvalue weighted by Crippen LogP contribution is 2.30. The Balaban J connectivity index is 2.89. The van der Waals surface area contributed by atoms with Gasteiger partial charge in [0, 0.05) is 12.6 Å². The predicted octanol–water partition coefficient (Wildman–Crippen LogP) is 2.80. The van der Waals surface area contributed by atoms with Crippen LogP contribution >= 0.6 is 0 Å². The van der Waals surface area contributed by atoms with Crippen molar-refractivity contribution in [3.8, 4) is 0 Å². The Morgan fingerprint density at radius 3 is 2.29 bits per heavy atom.